The number of hydrogen-bond acceptors (Lipinski definition) is 4. The Bertz CT molecular complexity index is 255. The lowest BCUT2D eigenvalue weighted by atomic mass is 10.3. The van der Waals surface area contributed by atoms with E-state index in [9.17, 15) is 0 Å². The Morgan fingerprint density at radius 2 is 2.25 bits per heavy atom. The first-order chi connectivity index (χ1) is 5.90. The minimum atomic E-state index is 0.745. The number of aryl methyl sites for hydroxylation is 1. The lowest BCUT2D eigenvalue weighted by Gasteiger charge is -1.89. The van der Waals surface area contributed by atoms with Gasteiger partial charge in [-0.3, -0.25) is 0 Å². The predicted octanol–water partition coefficient (Wildman–Crippen LogP) is 1.31. The van der Waals surface area contributed by atoms with Crippen LogP contribution in [0.3, 0.4) is 0 Å². The van der Waals surface area contributed by atoms with Crippen molar-refractivity contribution in [3.8, 4) is 0 Å². The Balaban J connectivity index is 1.93. The molecule has 0 unspecified atom stereocenters. The minimum absolute atomic E-state index is 0.745. The first-order valence-corrected chi connectivity index (χ1v) is 5.24. The number of rotatable bonds is 4. The molecule has 0 saturated heterocycles. The van der Waals surface area contributed by atoms with Crippen molar-refractivity contribution in [2.24, 2.45) is 5.73 Å². The molecule has 1 aromatic heterocycles. The van der Waals surface area contributed by atoms with Crippen LogP contribution < -0.4 is 5.73 Å². The van der Waals surface area contributed by atoms with E-state index in [1.807, 2.05) is 0 Å². The monoisotopic (exact) mass is 183 g/mol. The molecular formula is C8H13N3S. The summed E-state index contributed by atoms with van der Waals surface area (Å²) >= 11 is 1.77. The molecule has 4 heteroatoms. The van der Waals surface area contributed by atoms with E-state index in [0.717, 1.165) is 30.3 Å². The molecule has 0 radical (unpaired) electrons. The minimum Gasteiger partial charge on any atom is -0.330 e. The van der Waals surface area contributed by atoms with Gasteiger partial charge in [0, 0.05) is 12.3 Å². The highest BCUT2D eigenvalue weighted by Crippen LogP contribution is 2.41. The molecule has 0 spiro atoms. The van der Waals surface area contributed by atoms with E-state index in [2.05, 4.69) is 10.2 Å². The van der Waals surface area contributed by atoms with Crippen molar-refractivity contribution in [1.82, 2.24) is 10.2 Å². The maximum absolute atomic E-state index is 5.41. The van der Waals surface area contributed by atoms with Gasteiger partial charge in [-0.05, 0) is 25.8 Å². The summed E-state index contributed by atoms with van der Waals surface area (Å²) in [5.74, 6) is 0.745. The Morgan fingerprint density at radius 1 is 1.42 bits per heavy atom. The van der Waals surface area contributed by atoms with Gasteiger partial charge in [0.2, 0.25) is 0 Å². The lowest BCUT2D eigenvalue weighted by Crippen LogP contribution is -1.99. The Labute approximate surface area is 76.0 Å². The first-order valence-electron chi connectivity index (χ1n) is 4.42. The van der Waals surface area contributed by atoms with Crippen LogP contribution in [0.4, 0.5) is 0 Å². The molecule has 0 amide bonds. The molecule has 1 heterocycles. The molecule has 12 heavy (non-hydrogen) atoms. The van der Waals surface area contributed by atoms with E-state index in [0.29, 0.717) is 0 Å². The maximum Gasteiger partial charge on any atom is 0.120 e. The molecule has 0 atom stereocenters. The fraction of sp³-hybridized carbons (Fsp3) is 0.750. The highest BCUT2D eigenvalue weighted by molar-refractivity contribution is 7.11. The Morgan fingerprint density at radius 3 is 2.92 bits per heavy atom. The van der Waals surface area contributed by atoms with Crippen LogP contribution in [0.2, 0.25) is 0 Å². The van der Waals surface area contributed by atoms with E-state index >= 15 is 0 Å². The number of hydrogen-bond donors (Lipinski definition) is 1. The Kier molecular flexibility index (Phi) is 2.37. The largest absolute Gasteiger partial charge is 0.330 e. The average molecular weight is 183 g/mol. The van der Waals surface area contributed by atoms with Crippen LogP contribution in [-0.4, -0.2) is 16.7 Å². The molecule has 1 aromatic rings. The summed E-state index contributed by atoms with van der Waals surface area (Å²) in [6, 6.07) is 0. The molecule has 0 aromatic carbocycles. The van der Waals surface area contributed by atoms with Crippen molar-refractivity contribution in [3.63, 3.8) is 0 Å². The third-order valence-electron chi connectivity index (χ3n) is 2.00. The summed E-state index contributed by atoms with van der Waals surface area (Å²) in [6.45, 7) is 0.748. The van der Waals surface area contributed by atoms with E-state index in [-0.39, 0.29) is 0 Å². The molecule has 1 fully saturated rings. The number of aromatic nitrogens is 2. The topological polar surface area (TPSA) is 51.8 Å². The zero-order valence-corrected chi connectivity index (χ0v) is 7.81. The molecule has 2 rings (SSSR count). The van der Waals surface area contributed by atoms with Crippen molar-refractivity contribution >= 4 is 11.3 Å². The van der Waals surface area contributed by atoms with Crippen LogP contribution in [-0.2, 0) is 6.42 Å². The summed E-state index contributed by atoms with van der Waals surface area (Å²) in [4.78, 5) is 0. The molecule has 1 saturated carbocycles. The van der Waals surface area contributed by atoms with Gasteiger partial charge in [-0.1, -0.05) is 0 Å². The predicted molar refractivity (Wildman–Crippen MR) is 49.3 cm³/mol. The molecule has 1 aliphatic carbocycles. The van der Waals surface area contributed by atoms with Crippen LogP contribution in [0.25, 0.3) is 0 Å². The van der Waals surface area contributed by atoms with Gasteiger partial charge in [-0.25, -0.2) is 0 Å². The number of nitrogens with two attached hydrogens (primary N) is 1. The highest BCUT2D eigenvalue weighted by atomic mass is 32.1. The smallest absolute Gasteiger partial charge is 0.120 e. The summed E-state index contributed by atoms with van der Waals surface area (Å²) < 4.78 is 0. The normalized spacial score (nSPS) is 16.8. The molecule has 3 nitrogen and oxygen atoms in total. The second-order valence-electron chi connectivity index (χ2n) is 3.20. The lowest BCUT2D eigenvalue weighted by molar-refractivity contribution is 0.808. The molecule has 0 aliphatic heterocycles. The van der Waals surface area contributed by atoms with Crippen molar-refractivity contribution < 1.29 is 0 Å². The fourth-order valence-corrected chi connectivity index (χ4v) is 2.17. The van der Waals surface area contributed by atoms with Gasteiger partial charge in [-0.2, -0.15) is 0 Å². The standard InChI is InChI=1S/C8H13N3S/c9-5-1-2-7-10-11-8(12-7)6-3-4-6/h6H,1-5,9H2. The van der Waals surface area contributed by atoms with E-state index in [1.165, 1.54) is 17.8 Å². The summed E-state index contributed by atoms with van der Waals surface area (Å²) in [7, 11) is 0. The van der Waals surface area contributed by atoms with Gasteiger partial charge in [0.15, 0.2) is 0 Å². The fourth-order valence-electron chi connectivity index (χ4n) is 1.12. The third kappa shape index (κ3) is 1.81. The van der Waals surface area contributed by atoms with Crippen LogP contribution in [0.1, 0.15) is 35.2 Å². The van der Waals surface area contributed by atoms with Crippen LogP contribution in [0.5, 0.6) is 0 Å². The van der Waals surface area contributed by atoms with Crippen LogP contribution in [0.15, 0.2) is 0 Å². The van der Waals surface area contributed by atoms with Gasteiger partial charge < -0.3 is 5.73 Å². The van der Waals surface area contributed by atoms with Gasteiger partial charge >= 0.3 is 0 Å². The van der Waals surface area contributed by atoms with Crippen LogP contribution in [0, 0.1) is 0 Å². The first kappa shape index (κ1) is 8.13. The maximum atomic E-state index is 5.41. The van der Waals surface area contributed by atoms with E-state index < -0.39 is 0 Å². The van der Waals surface area contributed by atoms with E-state index in [4.69, 9.17) is 5.73 Å². The SMILES string of the molecule is NCCCc1nnc(C2CC2)s1. The third-order valence-corrected chi connectivity index (χ3v) is 3.15. The van der Waals surface area contributed by atoms with Crippen molar-refractivity contribution in [2.75, 3.05) is 6.54 Å². The summed E-state index contributed by atoms with van der Waals surface area (Å²) in [5, 5.41) is 10.7. The van der Waals surface area contributed by atoms with Gasteiger partial charge in [-0.15, -0.1) is 21.5 Å². The Hall–Kier alpha value is -0.480. The molecule has 0 bridgehead atoms. The van der Waals surface area contributed by atoms with Crippen molar-refractivity contribution in [2.45, 2.75) is 31.6 Å². The summed E-state index contributed by atoms with van der Waals surface area (Å²) in [6.07, 6.45) is 4.65. The van der Waals surface area contributed by atoms with Crippen LogP contribution >= 0.6 is 11.3 Å². The van der Waals surface area contributed by atoms with Gasteiger partial charge in [0.1, 0.15) is 10.0 Å². The van der Waals surface area contributed by atoms with Gasteiger partial charge in [0.05, 0.1) is 0 Å². The van der Waals surface area contributed by atoms with Crippen molar-refractivity contribution in [1.29, 1.82) is 0 Å². The second-order valence-corrected chi connectivity index (χ2v) is 4.29. The highest BCUT2D eigenvalue weighted by Gasteiger charge is 2.27. The number of nitrogens with zero attached hydrogens (tertiary/aromatic N) is 2. The molecule has 2 N–H and O–H groups in total. The zero-order valence-electron chi connectivity index (χ0n) is 6.99. The van der Waals surface area contributed by atoms with E-state index in [1.54, 1.807) is 11.3 Å². The average Bonchev–Trinajstić information content (AvgIpc) is 2.83. The second kappa shape index (κ2) is 3.49. The molecule has 1 aliphatic rings. The van der Waals surface area contributed by atoms with Crippen molar-refractivity contribution in [3.05, 3.63) is 10.0 Å². The molecule has 66 valence electrons. The molecular weight excluding hydrogens is 170 g/mol. The zero-order chi connectivity index (χ0) is 8.39. The summed E-state index contributed by atoms with van der Waals surface area (Å²) in [5.41, 5.74) is 5.41. The van der Waals surface area contributed by atoms with Gasteiger partial charge in [0.25, 0.3) is 0 Å². The quantitative estimate of drug-likeness (QED) is 0.765.